The quantitative estimate of drug-likeness (QED) is 0.913. The van der Waals surface area contributed by atoms with Crippen molar-refractivity contribution in [3.63, 3.8) is 0 Å². The normalized spacial score (nSPS) is 10.3. The van der Waals surface area contributed by atoms with E-state index in [2.05, 4.69) is 31.4 Å². The molecule has 1 heterocycles. The zero-order chi connectivity index (χ0) is 10.8. The molecule has 4 nitrogen and oxygen atoms in total. The van der Waals surface area contributed by atoms with Crippen LogP contribution >= 0.6 is 15.9 Å². The van der Waals surface area contributed by atoms with E-state index in [1.807, 2.05) is 0 Å². The largest absolute Gasteiger partial charge is 0.341 e. The molecule has 0 aliphatic carbocycles. The Bertz CT molecular complexity index is 486. The molecule has 0 spiro atoms. The summed E-state index contributed by atoms with van der Waals surface area (Å²) in [6.07, 6.45) is 0. The van der Waals surface area contributed by atoms with Crippen LogP contribution in [0.4, 0.5) is 10.4 Å². The molecule has 2 aromatic rings. The molecule has 0 saturated carbocycles. The molecule has 0 saturated heterocycles. The van der Waals surface area contributed by atoms with E-state index in [4.69, 9.17) is 4.52 Å². The fourth-order valence-electron chi connectivity index (χ4n) is 1.08. The Labute approximate surface area is 93.6 Å². The summed E-state index contributed by atoms with van der Waals surface area (Å²) in [5.74, 6) is 0.0936. The van der Waals surface area contributed by atoms with E-state index >= 15 is 0 Å². The summed E-state index contributed by atoms with van der Waals surface area (Å²) in [5.41, 5.74) is 0.688. The minimum absolute atomic E-state index is 0.323. The molecule has 15 heavy (non-hydrogen) atoms. The average Bonchev–Trinajstić information content (AvgIpc) is 2.70. The minimum atomic E-state index is -0.323. The van der Waals surface area contributed by atoms with Crippen molar-refractivity contribution in [1.82, 2.24) is 10.1 Å². The zero-order valence-corrected chi connectivity index (χ0v) is 9.38. The molecule has 1 aromatic heterocycles. The van der Waals surface area contributed by atoms with Crippen molar-refractivity contribution in [2.75, 3.05) is 12.4 Å². The van der Waals surface area contributed by atoms with E-state index in [-0.39, 0.29) is 5.82 Å². The second-order valence-electron chi connectivity index (χ2n) is 2.80. The van der Waals surface area contributed by atoms with Gasteiger partial charge in [0.15, 0.2) is 0 Å². The number of hydrogen-bond acceptors (Lipinski definition) is 4. The van der Waals surface area contributed by atoms with Crippen molar-refractivity contribution >= 4 is 21.9 Å². The number of aromatic nitrogens is 2. The monoisotopic (exact) mass is 271 g/mol. The van der Waals surface area contributed by atoms with E-state index in [1.54, 1.807) is 19.2 Å². The van der Waals surface area contributed by atoms with Crippen molar-refractivity contribution in [3.8, 4) is 11.4 Å². The van der Waals surface area contributed by atoms with Crippen molar-refractivity contribution < 1.29 is 8.91 Å². The summed E-state index contributed by atoms with van der Waals surface area (Å²) in [5, 5.41) is 6.45. The first-order valence-electron chi connectivity index (χ1n) is 4.17. The van der Waals surface area contributed by atoms with Crippen LogP contribution in [-0.4, -0.2) is 17.2 Å². The highest BCUT2D eigenvalue weighted by Crippen LogP contribution is 2.23. The number of benzene rings is 1. The maximum atomic E-state index is 13.0. The summed E-state index contributed by atoms with van der Waals surface area (Å²) >= 11 is 3.09. The second kappa shape index (κ2) is 3.98. The van der Waals surface area contributed by atoms with Gasteiger partial charge in [0.1, 0.15) is 5.82 Å². The lowest BCUT2D eigenvalue weighted by atomic mass is 10.2. The number of hydrogen-bond donors (Lipinski definition) is 1. The van der Waals surface area contributed by atoms with Crippen LogP contribution in [-0.2, 0) is 0 Å². The Morgan fingerprint density at radius 2 is 2.27 bits per heavy atom. The molecular formula is C9H7BrFN3O. The molecule has 0 fully saturated rings. The Morgan fingerprint density at radius 1 is 1.47 bits per heavy atom. The summed E-state index contributed by atoms with van der Waals surface area (Å²) in [6, 6.07) is 4.85. The van der Waals surface area contributed by atoms with Gasteiger partial charge in [-0.15, -0.1) is 0 Å². The predicted molar refractivity (Wildman–Crippen MR) is 56.9 cm³/mol. The lowest BCUT2D eigenvalue weighted by Crippen LogP contribution is -1.87. The van der Waals surface area contributed by atoms with Gasteiger partial charge < -0.3 is 9.84 Å². The van der Waals surface area contributed by atoms with Gasteiger partial charge in [-0.1, -0.05) is 5.16 Å². The molecule has 0 radical (unpaired) electrons. The van der Waals surface area contributed by atoms with Gasteiger partial charge in [0.05, 0.1) is 4.47 Å². The third kappa shape index (κ3) is 1.99. The number of nitrogens with zero attached hydrogens (tertiary/aromatic N) is 2. The fraction of sp³-hybridized carbons (Fsp3) is 0.111. The molecule has 78 valence electrons. The standard InChI is InChI=1S/C9H7BrFN3O/c1-12-9-13-8(14-15-9)5-2-3-7(11)6(10)4-5/h2-4H,1H3,(H,12,13,14). The van der Waals surface area contributed by atoms with Crippen molar-refractivity contribution in [2.45, 2.75) is 0 Å². The van der Waals surface area contributed by atoms with Crippen LogP contribution in [0.1, 0.15) is 0 Å². The summed E-state index contributed by atoms with van der Waals surface area (Å²) in [4.78, 5) is 4.04. The van der Waals surface area contributed by atoms with Crippen LogP contribution in [0.3, 0.4) is 0 Å². The van der Waals surface area contributed by atoms with Gasteiger partial charge in [-0.25, -0.2) is 4.39 Å². The Hall–Kier alpha value is -1.43. The van der Waals surface area contributed by atoms with Crippen LogP contribution in [0.2, 0.25) is 0 Å². The Kier molecular flexibility index (Phi) is 2.68. The van der Waals surface area contributed by atoms with Gasteiger partial charge in [0.25, 0.3) is 0 Å². The van der Waals surface area contributed by atoms with E-state index in [0.717, 1.165) is 0 Å². The highest BCUT2D eigenvalue weighted by molar-refractivity contribution is 9.10. The van der Waals surface area contributed by atoms with E-state index < -0.39 is 0 Å². The lowest BCUT2D eigenvalue weighted by Gasteiger charge is -1.96. The van der Waals surface area contributed by atoms with E-state index in [0.29, 0.717) is 21.9 Å². The molecule has 0 aliphatic heterocycles. The first-order valence-corrected chi connectivity index (χ1v) is 4.97. The lowest BCUT2D eigenvalue weighted by molar-refractivity contribution is 0.434. The molecular weight excluding hydrogens is 265 g/mol. The predicted octanol–water partition coefficient (Wildman–Crippen LogP) is 2.68. The zero-order valence-electron chi connectivity index (χ0n) is 7.79. The maximum Gasteiger partial charge on any atom is 0.321 e. The highest BCUT2D eigenvalue weighted by atomic mass is 79.9. The number of halogens is 2. The third-order valence-corrected chi connectivity index (χ3v) is 2.43. The summed E-state index contributed by atoms with van der Waals surface area (Å²) in [6.45, 7) is 0. The highest BCUT2D eigenvalue weighted by Gasteiger charge is 2.09. The van der Waals surface area contributed by atoms with Crippen LogP contribution in [0.5, 0.6) is 0 Å². The second-order valence-corrected chi connectivity index (χ2v) is 3.66. The van der Waals surface area contributed by atoms with Crippen LogP contribution < -0.4 is 5.32 Å². The van der Waals surface area contributed by atoms with E-state index in [1.165, 1.54) is 6.07 Å². The topological polar surface area (TPSA) is 51.0 Å². The third-order valence-electron chi connectivity index (χ3n) is 1.82. The van der Waals surface area contributed by atoms with Crippen molar-refractivity contribution in [2.24, 2.45) is 0 Å². The van der Waals surface area contributed by atoms with Crippen LogP contribution in [0.25, 0.3) is 11.4 Å². The number of rotatable bonds is 2. The molecule has 1 aromatic carbocycles. The molecule has 2 rings (SSSR count). The van der Waals surface area contributed by atoms with Gasteiger partial charge in [-0.05, 0) is 34.1 Å². The minimum Gasteiger partial charge on any atom is -0.341 e. The van der Waals surface area contributed by atoms with Gasteiger partial charge >= 0.3 is 6.01 Å². The van der Waals surface area contributed by atoms with Crippen molar-refractivity contribution in [3.05, 3.63) is 28.5 Å². The first kappa shape index (κ1) is 10.1. The molecule has 0 amide bonds. The number of anilines is 1. The van der Waals surface area contributed by atoms with Crippen LogP contribution in [0.15, 0.2) is 27.2 Å². The Balaban J connectivity index is 2.40. The SMILES string of the molecule is CNc1nc(-c2ccc(F)c(Br)c2)no1. The average molecular weight is 272 g/mol. The molecule has 0 bridgehead atoms. The molecule has 0 aliphatic rings. The number of nitrogens with one attached hydrogen (secondary N) is 1. The molecule has 6 heteroatoms. The maximum absolute atomic E-state index is 13.0. The molecule has 1 N–H and O–H groups in total. The van der Waals surface area contributed by atoms with E-state index in [9.17, 15) is 4.39 Å². The summed E-state index contributed by atoms with van der Waals surface area (Å²) in [7, 11) is 1.68. The van der Waals surface area contributed by atoms with Gasteiger partial charge in [-0.3, -0.25) is 0 Å². The summed E-state index contributed by atoms with van der Waals surface area (Å²) < 4.78 is 18.2. The van der Waals surface area contributed by atoms with Crippen molar-refractivity contribution in [1.29, 1.82) is 0 Å². The smallest absolute Gasteiger partial charge is 0.321 e. The van der Waals surface area contributed by atoms with Gasteiger partial charge in [0, 0.05) is 12.6 Å². The first-order chi connectivity index (χ1) is 7.20. The fourth-order valence-corrected chi connectivity index (χ4v) is 1.46. The molecule has 0 unspecified atom stereocenters. The van der Waals surface area contributed by atoms with Gasteiger partial charge in [-0.2, -0.15) is 4.98 Å². The Morgan fingerprint density at radius 3 is 2.87 bits per heavy atom. The van der Waals surface area contributed by atoms with Gasteiger partial charge in [0.2, 0.25) is 5.82 Å². The van der Waals surface area contributed by atoms with Crippen LogP contribution in [0, 0.1) is 5.82 Å². The molecule has 0 atom stereocenters.